The van der Waals surface area contributed by atoms with E-state index in [9.17, 15) is 14.0 Å². The number of esters is 2. The number of hydrogen-bond donors (Lipinski definition) is 0. The van der Waals surface area contributed by atoms with E-state index in [1.807, 2.05) is 30.3 Å². The minimum Gasteiger partial charge on any atom is -0.463 e. The Morgan fingerprint density at radius 3 is 1.52 bits per heavy atom. The van der Waals surface area contributed by atoms with Gasteiger partial charge >= 0.3 is 11.9 Å². The van der Waals surface area contributed by atoms with Gasteiger partial charge in [-0.05, 0) is 36.2 Å². The Bertz CT molecular complexity index is 1330. The van der Waals surface area contributed by atoms with E-state index in [1.54, 1.807) is 37.4 Å². The van der Waals surface area contributed by atoms with Gasteiger partial charge in [-0.2, -0.15) is 0 Å². The van der Waals surface area contributed by atoms with E-state index in [1.165, 1.54) is 12.3 Å². The number of ether oxygens (including phenoxy) is 9. The second kappa shape index (κ2) is 26.1. The van der Waals surface area contributed by atoms with Gasteiger partial charge in [-0.15, -0.1) is 0 Å². The van der Waals surface area contributed by atoms with Crippen LogP contribution in [0, 0.1) is 5.82 Å². The molecule has 0 radical (unpaired) electrons. The molecule has 0 aliphatic carbocycles. The number of halogens is 1. The summed E-state index contributed by atoms with van der Waals surface area (Å²) in [6.07, 6.45) is 3.04. The summed E-state index contributed by atoms with van der Waals surface area (Å²) in [4.78, 5) is 28.0. The van der Waals surface area contributed by atoms with Crippen LogP contribution in [0.3, 0.4) is 0 Å². The van der Waals surface area contributed by atoms with Crippen molar-refractivity contribution in [2.24, 2.45) is 0 Å². The lowest BCUT2D eigenvalue weighted by molar-refractivity contribution is -0.146. The maximum Gasteiger partial charge on any atom is 0.339 e. The third kappa shape index (κ3) is 17.2. The van der Waals surface area contributed by atoms with Gasteiger partial charge in [0.15, 0.2) is 0 Å². The van der Waals surface area contributed by atoms with Crippen LogP contribution in [-0.2, 0) is 47.4 Å². The summed E-state index contributed by atoms with van der Waals surface area (Å²) in [6, 6.07) is 17.7. The molecule has 0 aliphatic rings. The number of nitrogens with zero attached hydrogens (tertiary/aromatic N) is 1. The monoisotopic (exact) mass is 701 g/mol. The minimum absolute atomic E-state index is 0.0709. The third-order valence-corrected chi connectivity index (χ3v) is 6.99. The molecule has 1 atom stereocenters. The smallest absolute Gasteiger partial charge is 0.339 e. The molecule has 0 fully saturated rings. The number of aromatic nitrogens is 1. The fourth-order valence-corrected chi connectivity index (χ4v) is 4.32. The summed E-state index contributed by atoms with van der Waals surface area (Å²) < 4.78 is 63.1. The molecule has 1 heterocycles. The standard InChI is InChI=1S/C37H48FNO11/c1-30(34-10-9-32(28-35(34)38)31-6-3-2-4-7-31)36(40)49-26-24-47-22-20-45-18-16-43-14-12-42-13-15-44-17-19-46-21-23-48-25-27-50-37(41)33-8-5-11-39-29-33/h2-11,28-30H,12-27H2,1H3. The van der Waals surface area contributed by atoms with Crippen LogP contribution >= 0.6 is 0 Å². The first-order valence-electron chi connectivity index (χ1n) is 16.7. The summed E-state index contributed by atoms with van der Waals surface area (Å²) >= 11 is 0. The molecule has 3 rings (SSSR count). The van der Waals surface area contributed by atoms with E-state index in [0.717, 1.165) is 11.1 Å². The van der Waals surface area contributed by atoms with Crippen LogP contribution in [-0.4, -0.2) is 123 Å². The van der Waals surface area contributed by atoms with Gasteiger partial charge in [0.1, 0.15) is 19.0 Å². The van der Waals surface area contributed by atoms with Crippen molar-refractivity contribution in [3.63, 3.8) is 0 Å². The highest BCUT2D eigenvalue weighted by molar-refractivity contribution is 5.88. The van der Waals surface area contributed by atoms with Crippen LogP contribution in [0.25, 0.3) is 11.1 Å². The van der Waals surface area contributed by atoms with Crippen molar-refractivity contribution >= 4 is 11.9 Å². The Balaban J connectivity index is 1.01. The Hall–Kier alpha value is -3.82. The molecule has 0 bridgehead atoms. The van der Waals surface area contributed by atoms with Gasteiger partial charge in [0.25, 0.3) is 0 Å². The van der Waals surface area contributed by atoms with Gasteiger partial charge in [0.2, 0.25) is 0 Å². The van der Waals surface area contributed by atoms with Gasteiger partial charge < -0.3 is 42.6 Å². The lowest BCUT2D eigenvalue weighted by atomic mass is 9.97. The van der Waals surface area contributed by atoms with Crippen molar-refractivity contribution in [3.05, 3.63) is 90.0 Å². The van der Waals surface area contributed by atoms with Gasteiger partial charge in [0, 0.05) is 18.0 Å². The topological polar surface area (TPSA) is 130 Å². The molecule has 2 aromatic carbocycles. The van der Waals surface area contributed by atoms with Crippen molar-refractivity contribution in [1.82, 2.24) is 4.98 Å². The van der Waals surface area contributed by atoms with Crippen LogP contribution in [0.2, 0.25) is 0 Å². The van der Waals surface area contributed by atoms with Gasteiger partial charge in [0.05, 0.1) is 104 Å². The zero-order chi connectivity index (χ0) is 35.5. The summed E-state index contributed by atoms with van der Waals surface area (Å²) in [5.41, 5.74) is 2.35. The fraction of sp³-hybridized carbons (Fsp3) is 0.486. The molecule has 3 aromatic rings. The predicted molar refractivity (Wildman–Crippen MR) is 181 cm³/mol. The molecule has 0 aliphatic heterocycles. The second-order valence-electron chi connectivity index (χ2n) is 10.7. The number of carbonyl (C=O) groups is 2. The molecule has 0 saturated heterocycles. The van der Waals surface area contributed by atoms with Crippen LogP contribution in [0.15, 0.2) is 73.1 Å². The molecule has 274 valence electrons. The van der Waals surface area contributed by atoms with E-state index >= 15 is 0 Å². The average Bonchev–Trinajstić information content (AvgIpc) is 3.15. The van der Waals surface area contributed by atoms with Gasteiger partial charge in [-0.25, -0.2) is 9.18 Å². The van der Waals surface area contributed by atoms with Crippen molar-refractivity contribution in [2.45, 2.75) is 12.8 Å². The zero-order valence-electron chi connectivity index (χ0n) is 28.6. The molecule has 0 spiro atoms. The molecule has 0 amide bonds. The summed E-state index contributed by atoms with van der Waals surface area (Å²) in [7, 11) is 0. The van der Waals surface area contributed by atoms with Crippen molar-refractivity contribution in [2.75, 3.05) is 106 Å². The molecular weight excluding hydrogens is 653 g/mol. The van der Waals surface area contributed by atoms with Crippen molar-refractivity contribution < 1.29 is 56.6 Å². The van der Waals surface area contributed by atoms with Crippen LogP contribution in [0.5, 0.6) is 0 Å². The first-order valence-corrected chi connectivity index (χ1v) is 16.7. The summed E-state index contributed by atoms with van der Waals surface area (Å²) in [6.45, 7) is 7.39. The normalized spacial score (nSPS) is 11.7. The molecule has 1 unspecified atom stereocenters. The maximum atomic E-state index is 14.7. The van der Waals surface area contributed by atoms with Crippen LogP contribution in [0.1, 0.15) is 28.8 Å². The molecule has 12 nitrogen and oxygen atoms in total. The lowest BCUT2D eigenvalue weighted by Crippen LogP contribution is -2.18. The molecule has 13 heteroatoms. The number of benzene rings is 2. The van der Waals surface area contributed by atoms with Gasteiger partial charge in [-0.1, -0.05) is 42.5 Å². The quantitative estimate of drug-likeness (QED) is 0.0781. The molecule has 50 heavy (non-hydrogen) atoms. The SMILES string of the molecule is CC(C(=O)OCCOCCOCCOCCOCCOCCOCCOCCOC(=O)c1cccnc1)c1ccc(-c2ccccc2)cc1F. The van der Waals surface area contributed by atoms with E-state index in [0.29, 0.717) is 90.4 Å². The number of carbonyl (C=O) groups excluding carboxylic acids is 2. The highest BCUT2D eigenvalue weighted by Crippen LogP contribution is 2.26. The molecule has 1 aromatic heterocycles. The highest BCUT2D eigenvalue weighted by Gasteiger charge is 2.20. The Kier molecular flexibility index (Phi) is 21.2. The first-order chi connectivity index (χ1) is 24.6. The summed E-state index contributed by atoms with van der Waals surface area (Å²) in [5.74, 6) is -2.11. The van der Waals surface area contributed by atoms with Crippen LogP contribution in [0.4, 0.5) is 4.39 Å². The minimum atomic E-state index is -0.734. The predicted octanol–water partition coefficient (Wildman–Crippen LogP) is 4.51. The molecule has 0 saturated carbocycles. The number of pyridine rings is 1. The molecular formula is C37H48FNO11. The van der Waals surface area contributed by atoms with Crippen LogP contribution < -0.4 is 0 Å². The largest absolute Gasteiger partial charge is 0.463 e. The lowest BCUT2D eigenvalue weighted by Gasteiger charge is -2.14. The Morgan fingerprint density at radius 1 is 0.580 bits per heavy atom. The van der Waals surface area contributed by atoms with Gasteiger partial charge in [-0.3, -0.25) is 9.78 Å². The zero-order valence-corrected chi connectivity index (χ0v) is 28.6. The van der Waals surface area contributed by atoms with E-state index < -0.39 is 23.7 Å². The van der Waals surface area contributed by atoms with Crippen molar-refractivity contribution in [3.8, 4) is 11.1 Å². The Morgan fingerprint density at radius 2 is 1.06 bits per heavy atom. The maximum absolute atomic E-state index is 14.7. The third-order valence-electron chi connectivity index (χ3n) is 6.99. The fourth-order valence-electron chi connectivity index (χ4n) is 4.32. The highest BCUT2D eigenvalue weighted by atomic mass is 19.1. The number of rotatable bonds is 28. The average molecular weight is 702 g/mol. The van der Waals surface area contributed by atoms with Crippen molar-refractivity contribution in [1.29, 1.82) is 0 Å². The first kappa shape index (κ1) is 40.6. The second-order valence-corrected chi connectivity index (χ2v) is 10.7. The van der Waals surface area contributed by atoms with E-state index in [4.69, 9.17) is 42.6 Å². The molecule has 0 N–H and O–H groups in total. The number of hydrogen-bond acceptors (Lipinski definition) is 12. The Labute approximate surface area is 293 Å². The van der Waals surface area contributed by atoms with E-state index in [-0.39, 0.29) is 26.4 Å². The van der Waals surface area contributed by atoms with E-state index in [2.05, 4.69) is 4.98 Å². The summed E-state index contributed by atoms with van der Waals surface area (Å²) in [5, 5.41) is 0.